The molecule has 1 aromatic heterocycles. The van der Waals surface area contributed by atoms with Crippen LogP contribution in [0.3, 0.4) is 0 Å². The average molecular weight is 245 g/mol. The molecular weight excluding hydrogens is 226 g/mol. The molecule has 1 aromatic carbocycles. The first-order valence-electron chi connectivity index (χ1n) is 6.22. The molecule has 1 unspecified atom stereocenters. The molecule has 0 fully saturated rings. The summed E-state index contributed by atoms with van der Waals surface area (Å²) < 4.78 is 5.25. The monoisotopic (exact) mass is 245 g/mol. The Morgan fingerprint density at radius 1 is 1.33 bits per heavy atom. The van der Waals surface area contributed by atoms with Crippen LogP contribution in [0.1, 0.15) is 29.8 Å². The Kier molecular flexibility index (Phi) is 4.10. The van der Waals surface area contributed by atoms with E-state index in [2.05, 4.69) is 41.4 Å². The van der Waals surface area contributed by atoms with Gasteiger partial charge in [-0.1, -0.05) is 29.4 Å². The smallest absolute Gasteiger partial charge is 0.228 e. The van der Waals surface area contributed by atoms with Crippen LogP contribution in [-0.2, 0) is 12.8 Å². The second-order valence-electron chi connectivity index (χ2n) is 4.60. The summed E-state index contributed by atoms with van der Waals surface area (Å²) in [6.45, 7) is 4.19. The topological polar surface area (TPSA) is 51.0 Å². The number of nitrogens with one attached hydrogen (secondary N) is 1. The van der Waals surface area contributed by atoms with Crippen molar-refractivity contribution in [3.8, 4) is 0 Å². The minimum absolute atomic E-state index is 0.344. The van der Waals surface area contributed by atoms with Gasteiger partial charge in [0.1, 0.15) is 0 Å². The second-order valence-corrected chi connectivity index (χ2v) is 4.60. The van der Waals surface area contributed by atoms with Crippen molar-refractivity contribution in [2.45, 2.75) is 32.7 Å². The molecule has 96 valence electrons. The molecule has 0 aliphatic carbocycles. The number of aromatic nitrogens is 2. The summed E-state index contributed by atoms with van der Waals surface area (Å²) in [4.78, 5) is 4.42. The Morgan fingerprint density at radius 3 is 2.83 bits per heavy atom. The summed E-state index contributed by atoms with van der Waals surface area (Å²) in [5, 5.41) is 7.18. The number of nitrogens with zero attached hydrogens (tertiary/aromatic N) is 2. The molecule has 0 spiro atoms. The lowest BCUT2D eigenvalue weighted by Crippen LogP contribution is -2.23. The van der Waals surface area contributed by atoms with Gasteiger partial charge in [-0.3, -0.25) is 0 Å². The van der Waals surface area contributed by atoms with E-state index in [0.717, 1.165) is 18.7 Å². The highest BCUT2D eigenvalue weighted by molar-refractivity contribution is 5.27. The van der Waals surface area contributed by atoms with E-state index < -0.39 is 0 Å². The summed E-state index contributed by atoms with van der Waals surface area (Å²) in [5.74, 6) is 1.45. The zero-order valence-electron chi connectivity index (χ0n) is 11.1. The Hall–Kier alpha value is -1.68. The average Bonchev–Trinajstić information content (AvgIpc) is 2.79. The van der Waals surface area contributed by atoms with Crippen LogP contribution in [0.2, 0.25) is 0 Å². The minimum atomic E-state index is 0.344. The Morgan fingerprint density at radius 2 is 2.11 bits per heavy atom. The molecule has 0 saturated heterocycles. The van der Waals surface area contributed by atoms with E-state index in [0.29, 0.717) is 11.9 Å². The molecule has 4 nitrogen and oxygen atoms in total. The summed E-state index contributed by atoms with van der Waals surface area (Å²) in [7, 11) is 1.93. The highest BCUT2D eigenvalue weighted by atomic mass is 16.5. The van der Waals surface area contributed by atoms with E-state index in [1.165, 1.54) is 11.1 Å². The molecule has 0 amide bonds. The van der Waals surface area contributed by atoms with Gasteiger partial charge in [0.15, 0.2) is 5.82 Å². The van der Waals surface area contributed by atoms with E-state index in [-0.39, 0.29) is 0 Å². The largest absolute Gasteiger partial charge is 0.339 e. The van der Waals surface area contributed by atoms with E-state index in [9.17, 15) is 0 Å². The Labute approximate surface area is 107 Å². The van der Waals surface area contributed by atoms with Crippen LogP contribution in [0.25, 0.3) is 0 Å². The van der Waals surface area contributed by atoms with Gasteiger partial charge in [-0.05, 0) is 32.0 Å². The molecule has 1 heterocycles. The molecule has 4 heteroatoms. The molecule has 0 bridgehead atoms. The molecule has 0 radical (unpaired) electrons. The lowest BCUT2D eigenvalue weighted by atomic mass is 10.1. The molecule has 0 aliphatic rings. The maximum Gasteiger partial charge on any atom is 0.228 e. The number of rotatable bonds is 5. The maximum absolute atomic E-state index is 5.25. The number of likely N-dealkylation sites (N-methyl/N-ethyl adjacent to an activating group) is 1. The third kappa shape index (κ3) is 3.17. The van der Waals surface area contributed by atoms with Crippen molar-refractivity contribution in [2.24, 2.45) is 0 Å². The second kappa shape index (κ2) is 5.78. The highest BCUT2D eigenvalue weighted by Crippen LogP contribution is 2.12. The van der Waals surface area contributed by atoms with Crippen molar-refractivity contribution in [1.29, 1.82) is 0 Å². The van der Waals surface area contributed by atoms with E-state index in [1.54, 1.807) is 0 Å². The van der Waals surface area contributed by atoms with Crippen LogP contribution in [0.15, 0.2) is 28.8 Å². The summed E-state index contributed by atoms with van der Waals surface area (Å²) in [6.07, 6.45) is 1.49. The maximum atomic E-state index is 5.25. The molecular formula is C14H19N3O. The fraction of sp³-hybridized carbons (Fsp3) is 0.429. The third-order valence-electron chi connectivity index (χ3n) is 3.09. The standard InChI is InChI=1S/C14H19N3O/c1-10-6-4-5-7-12(10)9-13-16-14(18-17-13)8-11(2)15-3/h4-7,11,15H,8-9H2,1-3H3. The van der Waals surface area contributed by atoms with Crippen molar-refractivity contribution >= 4 is 0 Å². The first-order valence-corrected chi connectivity index (χ1v) is 6.22. The number of aryl methyl sites for hydroxylation is 1. The summed E-state index contributed by atoms with van der Waals surface area (Å²) in [6, 6.07) is 8.61. The van der Waals surface area contributed by atoms with Gasteiger partial charge in [0, 0.05) is 18.9 Å². The van der Waals surface area contributed by atoms with Crippen LogP contribution >= 0.6 is 0 Å². The van der Waals surface area contributed by atoms with Crippen molar-refractivity contribution < 1.29 is 4.52 Å². The molecule has 0 aliphatic heterocycles. The van der Waals surface area contributed by atoms with E-state index in [4.69, 9.17) is 4.52 Å². The van der Waals surface area contributed by atoms with Crippen molar-refractivity contribution in [1.82, 2.24) is 15.5 Å². The van der Waals surface area contributed by atoms with Crippen LogP contribution in [0.4, 0.5) is 0 Å². The van der Waals surface area contributed by atoms with Crippen LogP contribution in [0.5, 0.6) is 0 Å². The summed E-state index contributed by atoms with van der Waals surface area (Å²) in [5.41, 5.74) is 2.50. The fourth-order valence-corrected chi connectivity index (χ4v) is 1.79. The van der Waals surface area contributed by atoms with E-state index in [1.807, 2.05) is 19.2 Å². The van der Waals surface area contributed by atoms with Gasteiger partial charge >= 0.3 is 0 Å². The third-order valence-corrected chi connectivity index (χ3v) is 3.09. The Bertz CT molecular complexity index is 507. The quantitative estimate of drug-likeness (QED) is 0.876. The van der Waals surface area contributed by atoms with Crippen molar-refractivity contribution in [3.63, 3.8) is 0 Å². The van der Waals surface area contributed by atoms with Gasteiger partial charge in [-0.2, -0.15) is 4.98 Å². The van der Waals surface area contributed by atoms with Crippen molar-refractivity contribution in [3.05, 3.63) is 47.1 Å². The minimum Gasteiger partial charge on any atom is -0.339 e. The first-order chi connectivity index (χ1) is 8.69. The lowest BCUT2D eigenvalue weighted by Gasteiger charge is -2.04. The van der Waals surface area contributed by atoms with Gasteiger partial charge in [-0.25, -0.2) is 0 Å². The van der Waals surface area contributed by atoms with Gasteiger partial charge in [-0.15, -0.1) is 0 Å². The Balaban J connectivity index is 2.05. The van der Waals surface area contributed by atoms with Crippen LogP contribution in [-0.4, -0.2) is 23.2 Å². The molecule has 1 atom stereocenters. The molecule has 2 rings (SSSR count). The van der Waals surface area contributed by atoms with E-state index >= 15 is 0 Å². The van der Waals surface area contributed by atoms with Gasteiger partial charge in [0.05, 0.1) is 0 Å². The normalized spacial score (nSPS) is 12.6. The SMILES string of the molecule is CNC(C)Cc1nc(Cc2ccccc2C)no1. The number of hydrogen-bond donors (Lipinski definition) is 1. The van der Waals surface area contributed by atoms with Gasteiger partial charge < -0.3 is 9.84 Å². The predicted octanol–water partition coefficient (Wildman–Crippen LogP) is 2.12. The zero-order valence-corrected chi connectivity index (χ0v) is 11.1. The molecule has 0 saturated carbocycles. The first kappa shape index (κ1) is 12.8. The van der Waals surface area contributed by atoms with Crippen LogP contribution < -0.4 is 5.32 Å². The number of benzene rings is 1. The molecule has 18 heavy (non-hydrogen) atoms. The zero-order chi connectivity index (χ0) is 13.0. The van der Waals surface area contributed by atoms with Gasteiger partial charge in [0.2, 0.25) is 5.89 Å². The van der Waals surface area contributed by atoms with Gasteiger partial charge in [0.25, 0.3) is 0 Å². The van der Waals surface area contributed by atoms with Crippen molar-refractivity contribution in [2.75, 3.05) is 7.05 Å². The molecule has 2 aromatic rings. The molecule has 1 N–H and O–H groups in total. The predicted molar refractivity (Wildman–Crippen MR) is 70.5 cm³/mol. The summed E-state index contributed by atoms with van der Waals surface area (Å²) >= 11 is 0. The van der Waals surface area contributed by atoms with Crippen LogP contribution in [0, 0.1) is 6.92 Å². The highest BCUT2D eigenvalue weighted by Gasteiger charge is 2.10. The number of hydrogen-bond acceptors (Lipinski definition) is 4. The lowest BCUT2D eigenvalue weighted by molar-refractivity contribution is 0.361. The fourth-order valence-electron chi connectivity index (χ4n) is 1.79.